The third-order valence-corrected chi connectivity index (χ3v) is 5.65. The number of benzene rings is 1. The van der Waals surface area contributed by atoms with Gasteiger partial charge in [-0.1, -0.05) is 17.3 Å². The lowest BCUT2D eigenvalue weighted by Crippen LogP contribution is -2.37. The van der Waals surface area contributed by atoms with Gasteiger partial charge in [-0.15, -0.1) is 0 Å². The second kappa shape index (κ2) is 7.11. The topological polar surface area (TPSA) is 77.2 Å². The van der Waals surface area contributed by atoms with Crippen LogP contribution in [-0.4, -0.2) is 22.3 Å². The maximum absolute atomic E-state index is 13.1. The van der Waals surface area contributed by atoms with Crippen molar-refractivity contribution in [2.75, 3.05) is 6.61 Å². The first kappa shape index (κ1) is 20.0. The van der Waals surface area contributed by atoms with Crippen LogP contribution in [-0.2, 0) is 14.5 Å². The van der Waals surface area contributed by atoms with Gasteiger partial charge in [0.1, 0.15) is 0 Å². The highest BCUT2D eigenvalue weighted by Crippen LogP contribution is 2.43. The number of halogens is 3. The van der Waals surface area contributed by atoms with Crippen molar-refractivity contribution in [3.05, 3.63) is 30.2 Å². The van der Waals surface area contributed by atoms with Crippen LogP contribution in [0, 0.1) is 0 Å². The van der Waals surface area contributed by atoms with Crippen LogP contribution in [0.2, 0.25) is 0 Å². The van der Waals surface area contributed by atoms with Gasteiger partial charge in [0.25, 0.3) is 7.52 Å². The average molecular weight is 394 g/mol. The highest BCUT2D eigenvalue weighted by Gasteiger charge is 2.36. The molecule has 0 fully saturated rings. The summed E-state index contributed by atoms with van der Waals surface area (Å²) in [5, 5.41) is 3.19. The smallest absolute Gasteiger partial charge is 0.331 e. The van der Waals surface area contributed by atoms with E-state index in [2.05, 4.69) is 19.8 Å². The molecule has 0 bridgehead atoms. The van der Waals surface area contributed by atoms with Crippen molar-refractivity contribution in [3.63, 3.8) is 0 Å². The quantitative estimate of drug-likeness (QED) is 0.583. The molecule has 0 aliphatic rings. The summed E-state index contributed by atoms with van der Waals surface area (Å²) >= 11 is 4.85. The van der Waals surface area contributed by atoms with Gasteiger partial charge in [0.05, 0.1) is 11.9 Å². The van der Waals surface area contributed by atoms with Gasteiger partial charge in [-0.3, -0.25) is 4.57 Å². The van der Waals surface area contributed by atoms with E-state index in [1.165, 1.54) is 0 Å². The molecule has 0 amide bonds. The van der Waals surface area contributed by atoms with Crippen molar-refractivity contribution < 1.29 is 22.4 Å². The molecule has 6 nitrogen and oxygen atoms in total. The van der Waals surface area contributed by atoms with Gasteiger partial charge in [0.15, 0.2) is 0 Å². The minimum atomic E-state index is -3.73. The summed E-state index contributed by atoms with van der Waals surface area (Å²) in [6, 6.07) is 6.23. The Morgan fingerprint density at radius 3 is 2.32 bits per heavy atom. The fourth-order valence-electron chi connectivity index (χ4n) is 2.06. The van der Waals surface area contributed by atoms with E-state index < -0.39 is 24.3 Å². The van der Waals surface area contributed by atoms with E-state index >= 15 is 0 Å². The second-order valence-corrected chi connectivity index (χ2v) is 8.87. The number of rotatable bonds is 6. The van der Waals surface area contributed by atoms with E-state index in [0.717, 1.165) is 0 Å². The number of aromatic nitrogens is 2. The second-order valence-electron chi connectivity index (χ2n) is 6.30. The van der Waals surface area contributed by atoms with Gasteiger partial charge < -0.3 is 9.05 Å². The lowest BCUT2D eigenvalue weighted by Gasteiger charge is -2.28. The van der Waals surface area contributed by atoms with Gasteiger partial charge >= 0.3 is 11.3 Å². The molecule has 0 saturated heterocycles. The lowest BCUT2D eigenvalue weighted by atomic mass is 10.1. The van der Waals surface area contributed by atoms with Gasteiger partial charge in [0.2, 0.25) is 5.82 Å². The summed E-state index contributed by atoms with van der Waals surface area (Å²) in [4.78, 5) is 3.56. The fourth-order valence-corrected chi connectivity index (χ4v) is 4.27. The first-order valence-corrected chi connectivity index (χ1v) is 9.51. The van der Waals surface area contributed by atoms with E-state index in [9.17, 15) is 13.3 Å². The summed E-state index contributed by atoms with van der Waals surface area (Å²) < 4.78 is 48.9. The Kier molecular flexibility index (Phi) is 5.68. The summed E-state index contributed by atoms with van der Waals surface area (Å²) in [7, 11) is -3.28. The number of hydrogen-bond donors (Lipinski definition) is 1. The van der Waals surface area contributed by atoms with Crippen molar-refractivity contribution in [2.24, 2.45) is 0 Å². The zero-order valence-corrected chi connectivity index (χ0v) is 15.9. The largest absolute Gasteiger partial charge is 0.400 e. The van der Waals surface area contributed by atoms with Crippen molar-refractivity contribution >= 4 is 24.4 Å². The molecular formula is C15H19ClF2N3O3P. The molecule has 10 heteroatoms. The van der Waals surface area contributed by atoms with Crippen LogP contribution in [0.15, 0.2) is 28.8 Å². The van der Waals surface area contributed by atoms with Crippen LogP contribution in [0.3, 0.4) is 0 Å². The van der Waals surface area contributed by atoms with Crippen LogP contribution < -0.4 is 10.4 Å². The van der Waals surface area contributed by atoms with E-state index in [4.69, 9.17) is 16.1 Å². The first-order valence-electron chi connectivity index (χ1n) is 7.50. The van der Waals surface area contributed by atoms with Crippen LogP contribution in [0.25, 0.3) is 11.4 Å². The zero-order chi connectivity index (χ0) is 18.9. The van der Waals surface area contributed by atoms with Gasteiger partial charge in [-0.2, -0.15) is 13.8 Å². The monoisotopic (exact) mass is 393 g/mol. The molecule has 1 heterocycles. The molecule has 1 atom stereocenters. The van der Waals surface area contributed by atoms with Crippen molar-refractivity contribution in [1.29, 1.82) is 0 Å². The minimum absolute atomic E-state index is 0.0445. The Morgan fingerprint density at radius 1 is 1.28 bits per heavy atom. The molecular weight excluding hydrogens is 375 g/mol. The third-order valence-electron chi connectivity index (χ3n) is 2.93. The fraction of sp³-hybridized carbons (Fsp3) is 0.467. The molecule has 1 unspecified atom stereocenters. The molecule has 2 aromatic rings. The van der Waals surface area contributed by atoms with E-state index in [-0.39, 0.29) is 12.4 Å². The number of alkyl halides is 3. The van der Waals surface area contributed by atoms with Crippen LogP contribution >= 0.6 is 19.1 Å². The Hall–Kier alpha value is -1.34. The van der Waals surface area contributed by atoms with E-state index in [0.29, 0.717) is 10.9 Å². The molecule has 1 aromatic carbocycles. The summed E-state index contributed by atoms with van der Waals surface area (Å²) in [6.45, 7) is 7.64. The molecule has 138 valence electrons. The average Bonchev–Trinajstić information content (AvgIpc) is 2.95. The van der Waals surface area contributed by atoms with Crippen LogP contribution in [0.1, 0.15) is 33.6 Å². The number of nitrogens with one attached hydrogen (secondary N) is 1. The van der Waals surface area contributed by atoms with Gasteiger partial charge in [0, 0.05) is 11.1 Å². The third kappa shape index (κ3) is 5.07. The van der Waals surface area contributed by atoms with E-state index in [1.54, 1.807) is 31.2 Å². The minimum Gasteiger partial charge on any atom is -0.331 e. The Morgan fingerprint density at radius 2 is 1.88 bits per heavy atom. The van der Waals surface area contributed by atoms with Gasteiger partial charge in [-0.25, -0.2) is 5.09 Å². The molecule has 0 spiro atoms. The molecule has 1 N–H and O–H groups in total. The summed E-state index contributed by atoms with van der Waals surface area (Å²) in [6.07, 6.45) is 0. The molecule has 0 saturated carbocycles. The molecule has 1 aromatic heterocycles. The van der Waals surface area contributed by atoms with E-state index in [1.807, 2.05) is 20.8 Å². The van der Waals surface area contributed by atoms with Crippen molar-refractivity contribution in [1.82, 2.24) is 15.2 Å². The number of hydrogen-bond acceptors (Lipinski definition) is 5. The van der Waals surface area contributed by atoms with Crippen LogP contribution in [0.5, 0.6) is 0 Å². The van der Waals surface area contributed by atoms with Crippen LogP contribution in [0.4, 0.5) is 8.78 Å². The molecule has 25 heavy (non-hydrogen) atoms. The highest BCUT2D eigenvalue weighted by atomic mass is 35.5. The Balaban J connectivity index is 2.31. The summed E-state index contributed by atoms with van der Waals surface area (Å²) in [5.74, 6) is -1.03. The maximum atomic E-state index is 13.1. The standard InChI is InChI=1S/C15H19ClF2N3O3P/c1-5-23-25(22,21-14(2,3)4)11-8-6-10(7-9-11)12-19-13(24-20-12)15(16,17)18/h6-9H,5H2,1-4H3,(H,21,22). The SMILES string of the molecule is CCOP(=O)(NC(C)(C)C)c1ccc(-c2noc(C(F)(F)Cl)n2)cc1. The Labute approximate surface area is 149 Å². The maximum Gasteiger partial charge on any atom is 0.400 e. The molecule has 0 radical (unpaired) electrons. The molecule has 2 rings (SSSR count). The first-order chi connectivity index (χ1) is 11.4. The number of nitrogens with zero attached hydrogens (tertiary/aromatic N) is 2. The molecule has 0 aliphatic carbocycles. The van der Waals surface area contributed by atoms with Crippen molar-refractivity contribution in [3.8, 4) is 11.4 Å². The lowest BCUT2D eigenvalue weighted by molar-refractivity contribution is 0.0551. The van der Waals surface area contributed by atoms with Crippen molar-refractivity contribution in [2.45, 2.75) is 38.6 Å². The Bertz CT molecular complexity index is 770. The highest BCUT2D eigenvalue weighted by molar-refractivity contribution is 7.65. The predicted molar refractivity (Wildman–Crippen MR) is 91.2 cm³/mol. The zero-order valence-electron chi connectivity index (χ0n) is 14.2. The predicted octanol–water partition coefficient (Wildman–Crippen LogP) is 4.27. The summed E-state index contributed by atoms with van der Waals surface area (Å²) in [5.41, 5.74) is -0.0174. The normalized spacial score (nSPS) is 15.2. The molecule has 0 aliphatic heterocycles. The van der Waals surface area contributed by atoms with Gasteiger partial charge in [-0.05, 0) is 51.4 Å².